The van der Waals surface area contributed by atoms with E-state index < -0.39 is 5.82 Å². The third-order valence-corrected chi connectivity index (χ3v) is 10.1. The molecule has 0 bridgehead atoms. The number of aryl methyl sites for hydroxylation is 1. The Morgan fingerprint density at radius 1 is 0.634 bits per heavy atom. The number of anilines is 6. The lowest BCUT2D eigenvalue weighted by atomic mass is 10.1. The number of ether oxygens (including phenoxy) is 2. The summed E-state index contributed by atoms with van der Waals surface area (Å²) in [6, 6.07) is 34.5. The molecule has 0 saturated heterocycles. The van der Waals surface area contributed by atoms with E-state index in [4.69, 9.17) is 15.2 Å². The molecule has 2 amide bonds. The Balaban J connectivity index is 0.000000174. The number of aromatic nitrogens is 6. The van der Waals surface area contributed by atoms with Crippen molar-refractivity contribution in [2.75, 3.05) is 34.0 Å². The summed E-state index contributed by atoms with van der Waals surface area (Å²) < 4.78 is 41.4. The molecule has 4 aromatic carbocycles. The van der Waals surface area contributed by atoms with Crippen LogP contribution in [0.3, 0.4) is 0 Å². The van der Waals surface area contributed by atoms with Gasteiger partial charge in [-0.25, -0.2) is 23.7 Å². The number of hydrogen-bond acceptors (Lipinski definition) is 14. The highest BCUT2D eigenvalue weighted by Crippen LogP contribution is 2.32. The Morgan fingerprint density at radius 2 is 1.17 bits per heavy atom. The monoisotopic (exact) mass is 970 g/mol. The number of rotatable bonds is 12. The lowest BCUT2D eigenvalue weighted by Crippen LogP contribution is -2.07. The average molecular weight is 971 g/mol. The number of fused-ring (bicyclic) bond motifs is 1. The molecule has 0 radical (unpaired) electrons. The van der Waals surface area contributed by atoms with Crippen LogP contribution in [0.25, 0.3) is 33.3 Å². The fraction of sp³-hybridized carbons (Fsp3) is 0.0769. The summed E-state index contributed by atoms with van der Waals surface area (Å²) in [7, 11) is 3.65. The number of carbonyl (C=O) groups excluding carboxylic acids is 2. The number of nitrogen functional groups attached to an aromatic ring is 1. The number of nitrogens with zero attached hydrogens (tertiary/aromatic N) is 7. The van der Waals surface area contributed by atoms with Crippen LogP contribution in [0.1, 0.15) is 13.8 Å². The minimum atomic E-state index is -0.407. The van der Waals surface area contributed by atoms with Crippen LogP contribution in [0, 0.1) is 11.6 Å². The predicted molar refractivity (Wildman–Crippen MR) is 276 cm³/mol. The fourth-order valence-electron chi connectivity index (χ4n) is 6.74. The van der Waals surface area contributed by atoms with Crippen LogP contribution in [0.2, 0.25) is 0 Å². The van der Waals surface area contributed by atoms with Gasteiger partial charge in [0.05, 0.1) is 33.3 Å². The largest absolute Gasteiger partial charge is 0.457 e. The van der Waals surface area contributed by atoms with Gasteiger partial charge >= 0.3 is 0 Å². The molecule has 9 rings (SSSR count). The van der Waals surface area contributed by atoms with E-state index in [9.17, 15) is 18.4 Å². The Hall–Kier alpha value is -9.45. The van der Waals surface area contributed by atoms with Crippen molar-refractivity contribution in [2.45, 2.75) is 13.8 Å². The number of nitrogens with one attached hydrogen (secondary N) is 4. The van der Waals surface area contributed by atoms with Crippen molar-refractivity contribution in [1.29, 1.82) is 0 Å². The third-order valence-electron chi connectivity index (χ3n) is 10.0. The van der Waals surface area contributed by atoms with Gasteiger partial charge in [0.25, 0.3) is 0 Å². The van der Waals surface area contributed by atoms with Gasteiger partial charge < -0.3 is 41.0 Å². The maximum Gasteiger partial charge on any atom is 0.222 e. The molecule has 71 heavy (non-hydrogen) atoms. The van der Waals surface area contributed by atoms with E-state index in [2.05, 4.69) is 68.6 Å². The van der Waals surface area contributed by atoms with Crippen LogP contribution in [-0.2, 0) is 16.6 Å². The number of hydrogen-bond donors (Lipinski definition) is 5. The third kappa shape index (κ3) is 13.6. The van der Waals surface area contributed by atoms with Crippen molar-refractivity contribution in [3.63, 3.8) is 0 Å². The number of nitrogens with two attached hydrogens (primary N) is 1. The maximum absolute atomic E-state index is 14.6. The van der Waals surface area contributed by atoms with E-state index in [0.29, 0.717) is 57.5 Å². The first-order valence-corrected chi connectivity index (χ1v) is 21.9. The van der Waals surface area contributed by atoms with Gasteiger partial charge in [0, 0.05) is 89.4 Å². The van der Waals surface area contributed by atoms with Crippen molar-refractivity contribution >= 4 is 80.6 Å². The first-order valence-electron chi connectivity index (χ1n) is 21.5. The van der Waals surface area contributed by atoms with E-state index >= 15 is 0 Å². The molecule has 6 N–H and O–H groups in total. The Labute approximate surface area is 411 Å². The molecule has 0 atom stereocenters. The molecular weight excluding hydrogens is 927 g/mol. The van der Waals surface area contributed by atoms with Crippen molar-refractivity contribution in [3.8, 4) is 45.3 Å². The maximum atomic E-state index is 14.6. The number of pyridine rings is 4. The molecule has 0 aliphatic rings. The van der Waals surface area contributed by atoms with E-state index in [-0.39, 0.29) is 23.3 Å². The van der Waals surface area contributed by atoms with Crippen molar-refractivity contribution in [1.82, 2.24) is 29.5 Å². The molecule has 0 unspecified atom stereocenters. The number of benzene rings is 4. The highest BCUT2D eigenvalue weighted by Gasteiger charge is 2.14. The molecule has 0 spiro atoms. The minimum absolute atomic E-state index is 0.183. The van der Waals surface area contributed by atoms with Gasteiger partial charge in [-0.2, -0.15) is 4.99 Å². The van der Waals surface area contributed by atoms with Gasteiger partial charge in [0.1, 0.15) is 52.0 Å². The van der Waals surface area contributed by atoms with Crippen molar-refractivity contribution in [3.05, 3.63) is 170 Å². The molecule has 0 fully saturated rings. The first-order chi connectivity index (χ1) is 34.3. The van der Waals surface area contributed by atoms with Gasteiger partial charge in [-0.1, -0.05) is 12.1 Å². The quantitative estimate of drug-likeness (QED) is 0.0439. The zero-order valence-electron chi connectivity index (χ0n) is 38.5. The second-order valence-electron chi connectivity index (χ2n) is 15.1. The summed E-state index contributed by atoms with van der Waals surface area (Å²) in [6.45, 7) is 2.84. The molecule has 5 heterocycles. The van der Waals surface area contributed by atoms with E-state index in [0.717, 1.165) is 33.5 Å². The number of thiocarbonyl (C=S) groups is 1. The lowest BCUT2D eigenvalue weighted by Gasteiger charge is -2.10. The number of isothiocyanates is 1. The summed E-state index contributed by atoms with van der Waals surface area (Å²) >= 11 is 4.46. The second-order valence-corrected chi connectivity index (χ2v) is 15.3. The summed E-state index contributed by atoms with van der Waals surface area (Å²) in [5.41, 5.74) is 13.0. The summed E-state index contributed by atoms with van der Waals surface area (Å²) in [4.78, 5) is 46.6. The standard InChI is InChI=1S/C26H21FN6O2.C14H16N4O2.C12H7FN2S/c1-16(34)30-25-15-20(9-12-29-25)35-19-4-6-24-23(14-19)32-26(33(24)2)31-22-13-18(3-5-21(22)27)17-7-10-28-11-8-17;1-9(19)18-14-8-11(5-6-17-14)20-10-3-4-13(16-2)12(15)7-10;13-11-2-1-10(7-12(11)15-8-16)9-3-5-14-6-4-9/h3-15H,1-2H3,(H,31,32)(H,29,30,34);3-8,16H,15H2,1-2H3,(H,17,18,19);1-7H. The number of halogens is 2. The highest BCUT2D eigenvalue weighted by atomic mass is 32.1. The fourth-order valence-corrected chi connectivity index (χ4v) is 6.84. The molecule has 5 aromatic heterocycles. The Kier molecular flexibility index (Phi) is 16.4. The zero-order chi connectivity index (χ0) is 50.3. The molecule has 9 aromatic rings. The number of imidazole rings is 1. The molecule has 0 saturated carbocycles. The molecule has 356 valence electrons. The first kappa shape index (κ1) is 49.5. The minimum Gasteiger partial charge on any atom is -0.457 e. The number of amides is 2. The molecule has 0 aliphatic heterocycles. The highest BCUT2D eigenvalue weighted by molar-refractivity contribution is 7.78. The van der Waals surface area contributed by atoms with Crippen LogP contribution in [0.15, 0.2) is 164 Å². The Bertz CT molecular complexity index is 3380. The smallest absolute Gasteiger partial charge is 0.222 e. The van der Waals surface area contributed by atoms with Gasteiger partial charge in [0.15, 0.2) is 0 Å². The van der Waals surface area contributed by atoms with E-state index in [1.165, 1.54) is 26.0 Å². The van der Waals surface area contributed by atoms with Gasteiger partial charge in [-0.3, -0.25) is 19.6 Å². The van der Waals surface area contributed by atoms with Crippen LogP contribution in [-0.4, -0.2) is 53.5 Å². The van der Waals surface area contributed by atoms with Gasteiger partial charge in [-0.05, 0) is 119 Å². The SMILES string of the molecule is CC(=O)Nc1cc(Oc2ccc3c(c2)nc(Nc2cc(-c4ccncc4)ccc2F)n3C)ccn1.CNc1ccc(Oc2ccnc(NC(C)=O)c2)cc1N.Fc1ccc(-c2ccncc2)cc1N=C=S. The van der Waals surface area contributed by atoms with Crippen molar-refractivity contribution in [2.24, 2.45) is 12.0 Å². The Morgan fingerprint density at radius 3 is 1.72 bits per heavy atom. The summed E-state index contributed by atoms with van der Waals surface area (Å²) in [6.07, 6.45) is 9.87. The normalized spacial score (nSPS) is 10.3. The topological polar surface area (TPSA) is 208 Å². The zero-order valence-corrected chi connectivity index (χ0v) is 39.3. The van der Waals surface area contributed by atoms with E-state index in [1.807, 2.05) is 54.1 Å². The number of carbonyl (C=O) groups is 2. The molecular formula is C52H44F2N12O4S. The summed E-state index contributed by atoms with van der Waals surface area (Å²) in [5, 5.41) is 13.5. The molecule has 16 nitrogen and oxygen atoms in total. The van der Waals surface area contributed by atoms with Crippen LogP contribution < -0.4 is 36.5 Å². The summed E-state index contributed by atoms with van der Waals surface area (Å²) in [5.74, 6) is 2.40. The van der Waals surface area contributed by atoms with Gasteiger partial charge in [-0.15, -0.1) is 0 Å². The van der Waals surface area contributed by atoms with Crippen LogP contribution >= 0.6 is 12.2 Å². The lowest BCUT2D eigenvalue weighted by molar-refractivity contribution is -0.115. The molecule has 19 heteroatoms. The van der Waals surface area contributed by atoms with Crippen molar-refractivity contribution < 1.29 is 27.8 Å². The van der Waals surface area contributed by atoms with Crippen LogP contribution in [0.5, 0.6) is 23.0 Å². The van der Waals surface area contributed by atoms with Gasteiger partial charge in [0.2, 0.25) is 17.8 Å². The molecule has 0 aliphatic carbocycles. The van der Waals surface area contributed by atoms with E-state index in [1.54, 1.807) is 111 Å². The van der Waals surface area contributed by atoms with Crippen LogP contribution in [0.4, 0.5) is 49.1 Å². The predicted octanol–water partition coefficient (Wildman–Crippen LogP) is 11.7. The second kappa shape index (κ2) is 23.5. The number of aliphatic imine (C=N–C) groups is 1. The average Bonchev–Trinajstić information content (AvgIpc) is 3.67.